The van der Waals surface area contributed by atoms with Gasteiger partial charge in [-0.3, -0.25) is 0 Å². The van der Waals surface area contributed by atoms with E-state index in [1.54, 1.807) is 24.1 Å². The van der Waals surface area contributed by atoms with Gasteiger partial charge in [0.25, 0.3) is 0 Å². The summed E-state index contributed by atoms with van der Waals surface area (Å²) >= 11 is 0. The topological polar surface area (TPSA) is 41.6 Å². The number of carbonyl (C=O) groups excluding carboxylic acids is 1. The second kappa shape index (κ2) is 8.13. The normalized spacial score (nSPS) is 12.8. The Morgan fingerprint density at radius 1 is 1.32 bits per heavy atom. The van der Waals surface area contributed by atoms with E-state index in [2.05, 4.69) is 12.2 Å². The third-order valence-corrected chi connectivity index (χ3v) is 3.22. The fourth-order valence-corrected chi connectivity index (χ4v) is 2.03. The van der Waals surface area contributed by atoms with Crippen molar-refractivity contribution < 1.29 is 13.9 Å². The van der Waals surface area contributed by atoms with E-state index in [4.69, 9.17) is 4.74 Å². The van der Waals surface area contributed by atoms with Crippen molar-refractivity contribution in [3.05, 3.63) is 35.6 Å². The number of halogens is 1. The van der Waals surface area contributed by atoms with E-state index < -0.39 is 5.60 Å². The quantitative estimate of drug-likeness (QED) is 0.870. The Balaban J connectivity index is 2.44. The number of hydrogen-bond acceptors (Lipinski definition) is 3. The lowest BCUT2D eigenvalue weighted by Crippen LogP contribution is -2.38. The van der Waals surface area contributed by atoms with Gasteiger partial charge in [0.05, 0.1) is 0 Å². The van der Waals surface area contributed by atoms with Gasteiger partial charge >= 0.3 is 6.09 Å². The maximum atomic E-state index is 13.0. The van der Waals surface area contributed by atoms with Crippen LogP contribution in [0.15, 0.2) is 24.3 Å². The number of rotatable bonds is 6. The molecule has 0 aliphatic heterocycles. The zero-order chi connectivity index (χ0) is 16.8. The summed E-state index contributed by atoms with van der Waals surface area (Å²) in [6.07, 6.45) is 0.561. The van der Waals surface area contributed by atoms with Gasteiger partial charge in [-0.25, -0.2) is 9.18 Å². The van der Waals surface area contributed by atoms with Crippen LogP contribution in [-0.2, 0) is 4.74 Å². The van der Waals surface area contributed by atoms with Crippen molar-refractivity contribution in [3.63, 3.8) is 0 Å². The average molecular weight is 310 g/mol. The Hall–Kier alpha value is -1.62. The molecule has 22 heavy (non-hydrogen) atoms. The first-order valence-electron chi connectivity index (χ1n) is 7.66. The minimum Gasteiger partial charge on any atom is -0.444 e. The highest BCUT2D eigenvalue weighted by Crippen LogP contribution is 2.16. The Bertz CT molecular complexity index is 469. The monoisotopic (exact) mass is 310 g/mol. The predicted octanol–water partition coefficient (Wildman–Crippen LogP) is 3.73. The van der Waals surface area contributed by atoms with Gasteiger partial charge in [-0.05, 0) is 44.9 Å². The van der Waals surface area contributed by atoms with E-state index in [1.165, 1.54) is 12.1 Å². The van der Waals surface area contributed by atoms with Crippen LogP contribution in [0.2, 0.25) is 0 Å². The van der Waals surface area contributed by atoms with Gasteiger partial charge in [-0.1, -0.05) is 19.1 Å². The number of nitrogens with zero attached hydrogens (tertiary/aromatic N) is 1. The lowest BCUT2D eigenvalue weighted by Gasteiger charge is -2.25. The van der Waals surface area contributed by atoms with E-state index >= 15 is 0 Å². The SMILES string of the molecule is CCC(NCCN(C)C(=O)OC(C)(C)C)c1ccc(F)cc1. The Morgan fingerprint density at radius 2 is 1.91 bits per heavy atom. The summed E-state index contributed by atoms with van der Waals surface area (Å²) in [7, 11) is 1.72. The molecule has 0 saturated heterocycles. The Morgan fingerprint density at radius 3 is 2.41 bits per heavy atom. The number of carbonyl (C=O) groups is 1. The number of nitrogens with one attached hydrogen (secondary N) is 1. The highest BCUT2D eigenvalue weighted by molar-refractivity contribution is 5.67. The van der Waals surface area contributed by atoms with Gasteiger partial charge in [0.15, 0.2) is 0 Å². The molecule has 1 unspecified atom stereocenters. The van der Waals surface area contributed by atoms with Crippen LogP contribution in [-0.4, -0.2) is 36.7 Å². The molecule has 0 spiro atoms. The van der Waals surface area contributed by atoms with Crippen LogP contribution in [0, 0.1) is 5.82 Å². The van der Waals surface area contributed by atoms with E-state index in [0.29, 0.717) is 13.1 Å². The Kier molecular flexibility index (Phi) is 6.81. The maximum absolute atomic E-state index is 13.0. The first kappa shape index (κ1) is 18.4. The predicted molar refractivity (Wildman–Crippen MR) is 86.3 cm³/mol. The molecule has 0 aromatic heterocycles. The van der Waals surface area contributed by atoms with Crippen LogP contribution in [0.1, 0.15) is 45.7 Å². The maximum Gasteiger partial charge on any atom is 0.410 e. The standard InChI is InChI=1S/C17H27FN2O2/c1-6-15(13-7-9-14(18)10-8-13)19-11-12-20(5)16(21)22-17(2,3)4/h7-10,15,19H,6,11-12H2,1-5H3. The molecule has 124 valence electrons. The van der Waals surface area contributed by atoms with Gasteiger partial charge in [-0.2, -0.15) is 0 Å². The van der Waals surface area contributed by atoms with Crippen LogP contribution >= 0.6 is 0 Å². The molecule has 0 bridgehead atoms. The fourth-order valence-electron chi connectivity index (χ4n) is 2.03. The third kappa shape index (κ3) is 6.43. The van der Waals surface area contributed by atoms with E-state index in [0.717, 1.165) is 12.0 Å². The Labute approximate surface area is 132 Å². The number of likely N-dealkylation sites (N-methyl/N-ethyl adjacent to an activating group) is 1. The molecule has 1 amide bonds. The highest BCUT2D eigenvalue weighted by Gasteiger charge is 2.19. The second-order valence-electron chi connectivity index (χ2n) is 6.37. The molecule has 0 aliphatic rings. The van der Waals surface area contributed by atoms with Crippen molar-refractivity contribution in [2.75, 3.05) is 20.1 Å². The fraction of sp³-hybridized carbons (Fsp3) is 0.588. The van der Waals surface area contributed by atoms with Crippen molar-refractivity contribution in [3.8, 4) is 0 Å². The van der Waals surface area contributed by atoms with Crippen LogP contribution in [0.5, 0.6) is 0 Å². The highest BCUT2D eigenvalue weighted by atomic mass is 19.1. The molecule has 1 aromatic rings. The second-order valence-corrected chi connectivity index (χ2v) is 6.37. The van der Waals surface area contributed by atoms with Crippen molar-refractivity contribution in [2.24, 2.45) is 0 Å². The molecule has 0 fully saturated rings. The zero-order valence-electron chi connectivity index (χ0n) is 14.1. The minimum absolute atomic E-state index is 0.146. The third-order valence-electron chi connectivity index (χ3n) is 3.22. The molecule has 5 heteroatoms. The van der Waals surface area contributed by atoms with Crippen molar-refractivity contribution in [2.45, 2.75) is 45.8 Å². The van der Waals surface area contributed by atoms with Crippen LogP contribution in [0.3, 0.4) is 0 Å². The molecule has 1 atom stereocenters. The lowest BCUT2D eigenvalue weighted by molar-refractivity contribution is 0.0299. The summed E-state index contributed by atoms with van der Waals surface area (Å²) in [5, 5.41) is 3.38. The zero-order valence-corrected chi connectivity index (χ0v) is 14.1. The smallest absolute Gasteiger partial charge is 0.410 e. The van der Waals surface area contributed by atoms with Crippen molar-refractivity contribution >= 4 is 6.09 Å². The number of benzene rings is 1. The summed E-state index contributed by atoms with van der Waals surface area (Å²) in [5.41, 5.74) is 0.558. The number of amides is 1. The molecule has 0 heterocycles. The van der Waals surface area contributed by atoms with E-state index in [-0.39, 0.29) is 18.0 Å². The summed E-state index contributed by atoms with van der Waals surface area (Å²) in [6.45, 7) is 8.80. The van der Waals surface area contributed by atoms with Gasteiger partial charge in [0.1, 0.15) is 11.4 Å². The van der Waals surface area contributed by atoms with Crippen molar-refractivity contribution in [1.29, 1.82) is 0 Å². The van der Waals surface area contributed by atoms with Gasteiger partial charge in [0, 0.05) is 26.2 Å². The molecule has 0 radical (unpaired) electrons. The van der Waals surface area contributed by atoms with Gasteiger partial charge in [0.2, 0.25) is 0 Å². The molecule has 1 N–H and O–H groups in total. The molecule has 4 nitrogen and oxygen atoms in total. The molecule has 1 rings (SSSR count). The van der Waals surface area contributed by atoms with E-state index in [1.807, 2.05) is 20.8 Å². The van der Waals surface area contributed by atoms with Crippen LogP contribution < -0.4 is 5.32 Å². The van der Waals surface area contributed by atoms with Gasteiger partial charge < -0.3 is 15.0 Å². The number of ether oxygens (including phenoxy) is 1. The molecule has 0 aliphatic carbocycles. The van der Waals surface area contributed by atoms with Gasteiger partial charge in [-0.15, -0.1) is 0 Å². The summed E-state index contributed by atoms with van der Waals surface area (Å²) < 4.78 is 18.3. The largest absolute Gasteiger partial charge is 0.444 e. The minimum atomic E-state index is -0.487. The summed E-state index contributed by atoms with van der Waals surface area (Å²) in [5.74, 6) is -0.233. The summed E-state index contributed by atoms with van der Waals surface area (Å²) in [6, 6.07) is 6.65. The first-order valence-corrected chi connectivity index (χ1v) is 7.66. The van der Waals surface area contributed by atoms with Crippen LogP contribution in [0.25, 0.3) is 0 Å². The molecular formula is C17H27FN2O2. The van der Waals surface area contributed by atoms with Crippen LogP contribution in [0.4, 0.5) is 9.18 Å². The van der Waals surface area contributed by atoms with Crippen molar-refractivity contribution in [1.82, 2.24) is 10.2 Å². The first-order chi connectivity index (χ1) is 10.2. The molecular weight excluding hydrogens is 283 g/mol. The molecule has 1 aromatic carbocycles. The summed E-state index contributed by atoms with van der Waals surface area (Å²) in [4.78, 5) is 13.4. The van der Waals surface area contributed by atoms with E-state index in [9.17, 15) is 9.18 Å². The molecule has 0 saturated carbocycles. The number of hydrogen-bond donors (Lipinski definition) is 1. The lowest BCUT2D eigenvalue weighted by atomic mass is 10.0. The average Bonchev–Trinajstić information content (AvgIpc) is 2.43.